The van der Waals surface area contributed by atoms with Gasteiger partial charge in [-0.1, -0.05) is 0 Å². The maximum absolute atomic E-state index is 12.4. The monoisotopic (exact) mass is 291 g/mol. The molecule has 2 atom stereocenters. The maximum atomic E-state index is 12.4. The van der Waals surface area contributed by atoms with Gasteiger partial charge in [0.15, 0.2) is 0 Å². The highest BCUT2D eigenvalue weighted by molar-refractivity contribution is 5.81. The summed E-state index contributed by atoms with van der Waals surface area (Å²) in [6.07, 6.45) is 6.56. The molecule has 21 heavy (non-hydrogen) atoms. The van der Waals surface area contributed by atoms with Gasteiger partial charge in [-0.05, 0) is 51.3 Å². The van der Waals surface area contributed by atoms with Crippen LogP contribution in [0.4, 0.5) is 0 Å². The summed E-state index contributed by atoms with van der Waals surface area (Å²) in [7, 11) is 0. The second-order valence-electron chi connectivity index (χ2n) is 6.19. The predicted molar refractivity (Wildman–Crippen MR) is 80.8 cm³/mol. The zero-order valence-electron chi connectivity index (χ0n) is 12.7. The van der Waals surface area contributed by atoms with Crippen molar-refractivity contribution < 1.29 is 9.21 Å². The van der Waals surface area contributed by atoms with E-state index >= 15 is 0 Å². The normalized spacial score (nSPS) is 23.4. The van der Waals surface area contributed by atoms with Crippen molar-refractivity contribution in [2.24, 2.45) is 0 Å². The van der Waals surface area contributed by atoms with Crippen molar-refractivity contribution in [2.75, 3.05) is 13.1 Å². The van der Waals surface area contributed by atoms with Crippen molar-refractivity contribution in [2.45, 2.75) is 57.3 Å². The van der Waals surface area contributed by atoms with E-state index in [0.29, 0.717) is 18.6 Å². The molecule has 3 rings (SSSR count). The maximum Gasteiger partial charge on any atom is 0.237 e. The summed E-state index contributed by atoms with van der Waals surface area (Å²) < 4.78 is 5.25. The standard InChI is InChI=1S/C16H25N3O2/c1-12(16(20)18-10-15-5-3-9-21-15)19(14-6-7-14)11-13-4-2-8-17-13/h3,5,9,12-14,17H,2,4,6-8,10-11H2,1H3,(H,18,20). The fraction of sp³-hybridized carbons (Fsp3) is 0.688. The number of carbonyl (C=O) groups excluding carboxylic acids is 1. The Hall–Kier alpha value is -1.33. The minimum Gasteiger partial charge on any atom is -0.467 e. The van der Waals surface area contributed by atoms with Crippen molar-refractivity contribution in [3.63, 3.8) is 0 Å². The minimum absolute atomic E-state index is 0.0742. The molecule has 1 aromatic rings. The van der Waals surface area contributed by atoms with Gasteiger partial charge in [0.05, 0.1) is 18.8 Å². The molecule has 1 aromatic heterocycles. The molecule has 5 heteroatoms. The van der Waals surface area contributed by atoms with Crippen LogP contribution in [0.2, 0.25) is 0 Å². The number of rotatable bonds is 7. The molecule has 1 saturated heterocycles. The summed E-state index contributed by atoms with van der Waals surface area (Å²) in [5.41, 5.74) is 0. The highest BCUT2D eigenvalue weighted by atomic mass is 16.3. The highest BCUT2D eigenvalue weighted by Crippen LogP contribution is 2.29. The summed E-state index contributed by atoms with van der Waals surface area (Å²) in [4.78, 5) is 14.7. The Morgan fingerprint density at radius 3 is 3.00 bits per heavy atom. The summed E-state index contributed by atoms with van der Waals surface area (Å²) in [5, 5.41) is 6.51. The molecule has 0 radical (unpaired) electrons. The zero-order chi connectivity index (χ0) is 14.7. The molecular formula is C16H25N3O2. The Balaban J connectivity index is 1.52. The van der Waals surface area contributed by atoms with Gasteiger partial charge in [0.25, 0.3) is 0 Å². The smallest absolute Gasteiger partial charge is 0.237 e. The van der Waals surface area contributed by atoms with E-state index in [1.54, 1.807) is 6.26 Å². The van der Waals surface area contributed by atoms with Crippen LogP contribution in [0.1, 0.15) is 38.4 Å². The molecular weight excluding hydrogens is 266 g/mol. The lowest BCUT2D eigenvalue weighted by molar-refractivity contribution is -0.126. The van der Waals surface area contributed by atoms with E-state index < -0.39 is 0 Å². The van der Waals surface area contributed by atoms with Gasteiger partial charge < -0.3 is 15.1 Å². The van der Waals surface area contributed by atoms with Gasteiger partial charge in [0, 0.05) is 18.6 Å². The van der Waals surface area contributed by atoms with Gasteiger partial charge in [-0.15, -0.1) is 0 Å². The van der Waals surface area contributed by atoms with E-state index in [1.165, 1.54) is 25.7 Å². The largest absolute Gasteiger partial charge is 0.467 e. The molecule has 2 aliphatic rings. The Morgan fingerprint density at radius 1 is 1.52 bits per heavy atom. The lowest BCUT2D eigenvalue weighted by Crippen LogP contribution is -2.50. The van der Waals surface area contributed by atoms with E-state index in [0.717, 1.165) is 18.8 Å². The summed E-state index contributed by atoms with van der Waals surface area (Å²) >= 11 is 0. The third kappa shape index (κ3) is 3.86. The van der Waals surface area contributed by atoms with E-state index in [1.807, 2.05) is 19.1 Å². The van der Waals surface area contributed by atoms with Crippen LogP contribution in [0.25, 0.3) is 0 Å². The zero-order valence-corrected chi connectivity index (χ0v) is 12.7. The first kappa shape index (κ1) is 14.6. The van der Waals surface area contributed by atoms with Crippen molar-refractivity contribution in [3.05, 3.63) is 24.2 Å². The molecule has 0 spiro atoms. The Kier molecular flexibility index (Phi) is 4.60. The van der Waals surface area contributed by atoms with Gasteiger partial charge in [-0.3, -0.25) is 9.69 Å². The first-order valence-electron chi connectivity index (χ1n) is 8.03. The van der Waals surface area contributed by atoms with Crippen LogP contribution < -0.4 is 10.6 Å². The fourth-order valence-corrected chi connectivity index (χ4v) is 3.08. The van der Waals surface area contributed by atoms with Crippen molar-refractivity contribution >= 4 is 5.91 Å². The third-order valence-electron chi connectivity index (χ3n) is 4.50. The van der Waals surface area contributed by atoms with Crippen molar-refractivity contribution in [1.29, 1.82) is 0 Å². The second-order valence-corrected chi connectivity index (χ2v) is 6.19. The molecule has 5 nitrogen and oxygen atoms in total. The van der Waals surface area contributed by atoms with Crippen molar-refractivity contribution in [3.8, 4) is 0 Å². The average Bonchev–Trinajstić information content (AvgIpc) is 2.99. The van der Waals surface area contributed by atoms with E-state index in [9.17, 15) is 4.79 Å². The number of nitrogens with one attached hydrogen (secondary N) is 2. The molecule has 116 valence electrons. The molecule has 1 saturated carbocycles. The van der Waals surface area contributed by atoms with Crippen LogP contribution in [-0.2, 0) is 11.3 Å². The topological polar surface area (TPSA) is 57.5 Å². The lowest BCUT2D eigenvalue weighted by atomic mass is 10.1. The van der Waals surface area contributed by atoms with Crippen LogP contribution in [0.5, 0.6) is 0 Å². The number of furan rings is 1. The second kappa shape index (κ2) is 6.62. The molecule has 2 fully saturated rings. The SMILES string of the molecule is CC(C(=O)NCc1ccco1)N(CC1CCCN1)C1CC1. The molecule has 2 N–H and O–H groups in total. The van der Waals surface area contributed by atoms with E-state index in [4.69, 9.17) is 4.42 Å². The Bertz CT molecular complexity index is 450. The third-order valence-corrected chi connectivity index (χ3v) is 4.50. The van der Waals surface area contributed by atoms with Gasteiger partial charge in [-0.2, -0.15) is 0 Å². The molecule has 1 aliphatic heterocycles. The predicted octanol–water partition coefficient (Wildman–Crippen LogP) is 1.50. The molecule has 0 bridgehead atoms. The molecule has 0 aromatic carbocycles. The fourth-order valence-electron chi connectivity index (χ4n) is 3.08. The van der Waals surface area contributed by atoms with E-state index in [-0.39, 0.29) is 11.9 Å². The number of hydrogen-bond acceptors (Lipinski definition) is 4. The van der Waals surface area contributed by atoms with E-state index in [2.05, 4.69) is 15.5 Å². The van der Waals surface area contributed by atoms with Crippen LogP contribution in [0.15, 0.2) is 22.8 Å². The molecule has 1 aliphatic carbocycles. The number of amides is 1. The van der Waals surface area contributed by atoms with Gasteiger partial charge in [0.2, 0.25) is 5.91 Å². The van der Waals surface area contributed by atoms with Crippen LogP contribution in [-0.4, -0.2) is 42.0 Å². The highest BCUT2D eigenvalue weighted by Gasteiger charge is 2.36. The first-order chi connectivity index (χ1) is 10.2. The first-order valence-corrected chi connectivity index (χ1v) is 8.03. The number of hydrogen-bond donors (Lipinski definition) is 2. The summed E-state index contributed by atoms with van der Waals surface area (Å²) in [5.74, 6) is 0.891. The van der Waals surface area contributed by atoms with Crippen LogP contribution in [0.3, 0.4) is 0 Å². The quantitative estimate of drug-likeness (QED) is 0.799. The van der Waals surface area contributed by atoms with Gasteiger partial charge in [0.1, 0.15) is 5.76 Å². The van der Waals surface area contributed by atoms with Gasteiger partial charge >= 0.3 is 0 Å². The number of nitrogens with zero attached hydrogens (tertiary/aromatic N) is 1. The van der Waals surface area contributed by atoms with Crippen LogP contribution in [0, 0.1) is 0 Å². The molecule has 2 unspecified atom stereocenters. The summed E-state index contributed by atoms with van der Waals surface area (Å²) in [6.45, 7) is 4.59. The van der Waals surface area contributed by atoms with Crippen LogP contribution >= 0.6 is 0 Å². The minimum atomic E-state index is -0.0742. The Labute approximate surface area is 126 Å². The Morgan fingerprint density at radius 2 is 2.38 bits per heavy atom. The summed E-state index contributed by atoms with van der Waals surface area (Å²) in [6, 6.07) is 4.79. The average molecular weight is 291 g/mol. The molecule has 1 amide bonds. The number of carbonyl (C=O) groups is 1. The van der Waals surface area contributed by atoms with Gasteiger partial charge in [-0.25, -0.2) is 0 Å². The van der Waals surface area contributed by atoms with Crippen molar-refractivity contribution in [1.82, 2.24) is 15.5 Å². The molecule has 2 heterocycles. The lowest BCUT2D eigenvalue weighted by Gasteiger charge is -2.30.